The van der Waals surface area contributed by atoms with Crippen LogP contribution in [-0.4, -0.2) is 52.4 Å². The average molecular weight is 550 g/mol. The summed E-state index contributed by atoms with van der Waals surface area (Å²) < 4.78 is 67.5. The fourth-order valence-corrected chi connectivity index (χ4v) is 4.91. The highest BCUT2D eigenvalue weighted by Gasteiger charge is 2.36. The van der Waals surface area contributed by atoms with Crippen LogP contribution in [0, 0.1) is 0 Å². The molecule has 0 aliphatic carbocycles. The maximum Gasteiger partial charge on any atom is 0.433 e. The molecule has 0 unspecified atom stereocenters. The molecule has 3 heterocycles. The van der Waals surface area contributed by atoms with Gasteiger partial charge in [0.1, 0.15) is 11.5 Å². The Morgan fingerprint density at radius 1 is 1.00 bits per heavy atom. The molecule has 1 aliphatic rings. The van der Waals surface area contributed by atoms with Gasteiger partial charge in [0.25, 0.3) is 5.91 Å². The van der Waals surface area contributed by atoms with E-state index >= 15 is 0 Å². The smallest absolute Gasteiger partial charge is 0.380 e. The molecule has 198 valence electrons. The molecule has 0 saturated carbocycles. The Labute approximate surface area is 218 Å². The van der Waals surface area contributed by atoms with Gasteiger partial charge in [0, 0.05) is 52.9 Å². The number of benzene rings is 2. The molecule has 1 aliphatic heterocycles. The first-order valence-electron chi connectivity index (χ1n) is 11.7. The third kappa shape index (κ3) is 5.42. The lowest BCUT2D eigenvalue weighted by molar-refractivity contribution is -0.144. The third-order valence-electron chi connectivity index (χ3n) is 6.38. The summed E-state index contributed by atoms with van der Waals surface area (Å²) in [5, 5.41) is 8.63. The SMILES string of the molecule is O=C(C(F)F)N1C[C@@H](Nc2nccc3ccccc23)C[C@@H](Nc2cc(C(F)(F)F)nc3ccc(Cl)cc23)C1. The van der Waals surface area contributed by atoms with Crippen LogP contribution in [0.3, 0.4) is 0 Å². The van der Waals surface area contributed by atoms with E-state index in [1.807, 2.05) is 30.3 Å². The Morgan fingerprint density at radius 2 is 1.74 bits per heavy atom. The predicted molar refractivity (Wildman–Crippen MR) is 136 cm³/mol. The molecule has 2 N–H and O–H groups in total. The summed E-state index contributed by atoms with van der Waals surface area (Å²) in [6, 6.07) is 13.3. The summed E-state index contributed by atoms with van der Waals surface area (Å²) in [6.07, 6.45) is -6.01. The fraction of sp³-hybridized carbons (Fsp3) is 0.269. The van der Waals surface area contributed by atoms with Gasteiger partial charge in [-0.3, -0.25) is 4.79 Å². The number of nitrogens with zero attached hydrogens (tertiary/aromatic N) is 3. The van der Waals surface area contributed by atoms with E-state index in [1.165, 1.54) is 18.2 Å². The molecular weight excluding hydrogens is 529 g/mol. The van der Waals surface area contributed by atoms with Crippen molar-refractivity contribution in [3.8, 4) is 0 Å². The fourth-order valence-electron chi connectivity index (χ4n) is 4.74. The first kappa shape index (κ1) is 25.9. The number of likely N-dealkylation sites (tertiary alicyclic amines) is 1. The van der Waals surface area contributed by atoms with Crippen LogP contribution in [0.25, 0.3) is 21.7 Å². The van der Waals surface area contributed by atoms with E-state index in [4.69, 9.17) is 11.6 Å². The number of carbonyl (C=O) groups is 1. The van der Waals surface area contributed by atoms with E-state index in [2.05, 4.69) is 20.6 Å². The number of amides is 1. The predicted octanol–water partition coefficient (Wildman–Crippen LogP) is 6.21. The molecule has 2 aromatic carbocycles. The highest BCUT2D eigenvalue weighted by Crippen LogP contribution is 2.35. The van der Waals surface area contributed by atoms with E-state index in [-0.39, 0.29) is 24.3 Å². The maximum absolute atomic E-state index is 13.6. The van der Waals surface area contributed by atoms with Gasteiger partial charge in [-0.2, -0.15) is 22.0 Å². The van der Waals surface area contributed by atoms with Crippen molar-refractivity contribution < 1.29 is 26.7 Å². The Kier molecular flexibility index (Phi) is 6.95. The maximum atomic E-state index is 13.6. The second-order valence-electron chi connectivity index (χ2n) is 9.06. The number of nitrogens with one attached hydrogen (secondary N) is 2. The van der Waals surface area contributed by atoms with Crippen LogP contribution in [0.2, 0.25) is 5.02 Å². The lowest BCUT2D eigenvalue weighted by Crippen LogP contribution is -2.54. The van der Waals surface area contributed by atoms with Crippen LogP contribution in [0.4, 0.5) is 33.5 Å². The second-order valence-corrected chi connectivity index (χ2v) is 9.49. The molecule has 5 rings (SSSR count). The summed E-state index contributed by atoms with van der Waals surface area (Å²) in [7, 11) is 0. The molecule has 1 fully saturated rings. The Hall–Kier alpha value is -3.73. The molecule has 4 aromatic rings. The van der Waals surface area contributed by atoms with E-state index < -0.39 is 36.3 Å². The molecule has 0 bridgehead atoms. The number of hydrogen-bond donors (Lipinski definition) is 2. The van der Waals surface area contributed by atoms with Gasteiger partial charge >= 0.3 is 12.6 Å². The van der Waals surface area contributed by atoms with Crippen LogP contribution in [-0.2, 0) is 11.0 Å². The quantitative estimate of drug-likeness (QED) is 0.290. The molecule has 2 atom stereocenters. The minimum atomic E-state index is -4.71. The highest BCUT2D eigenvalue weighted by atomic mass is 35.5. The average Bonchev–Trinajstić information content (AvgIpc) is 2.88. The number of alkyl halides is 5. The zero-order valence-electron chi connectivity index (χ0n) is 19.6. The second kappa shape index (κ2) is 10.2. The van der Waals surface area contributed by atoms with Crippen LogP contribution in [0.5, 0.6) is 0 Å². The zero-order valence-corrected chi connectivity index (χ0v) is 20.4. The molecule has 1 amide bonds. The number of piperidine rings is 1. The highest BCUT2D eigenvalue weighted by molar-refractivity contribution is 6.31. The molecule has 0 radical (unpaired) electrons. The van der Waals surface area contributed by atoms with E-state index in [9.17, 15) is 26.7 Å². The standard InChI is InChI=1S/C26H21ClF5N5O/c27-15-5-6-20-19(9-15)21(11-22(36-20)26(30,31)32)34-16-10-17(13-37(12-16)25(38)23(28)29)35-24-18-4-2-1-3-14(18)7-8-33-24/h1-9,11,16-17,23H,10,12-13H2,(H,33,35)(H,34,36)/t16-,17+/m1/s1. The molecule has 6 nitrogen and oxygen atoms in total. The van der Waals surface area contributed by atoms with Gasteiger partial charge < -0.3 is 15.5 Å². The van der Waals surface area contributed by atoms with E-state index in [1.54, 1.807) is 6.20 Å². The molecule has 12 heteroatoms. The number of halogens is 6. The van der Waals surface area contributed by atoms with Crippen molar-refractivity contribution >= 4 is 50.7 Å². The minimum absolute atomic E-state index is 0.0248. The number of anilines is 2. The zero-order chi connectivity index (χ0) is 27.0. The van der Waals surface area contributed by atoms with Crippen molar-refractivity contribution in [3.05, 3.63) is 71.5 Å². The first-order valence-corrected chi connectivity index (χ1v) is 12.1. The van der Waals surface area contributed by atoms with Crippen molar-refractivity contribution in [1.82, 2.24) is 14.9 Å². The number of aromatic nitrogens is 2. The summed E-state index contributed by atoms with van der Waals surface area (Å²) in [6.45, 7) is -0.154. The van der Waals surface area contributed by atoms with Gasteiger partial charge in [-0.15, -0.1) is 0 Å². The molecule has 0 spiro atoms. The van der Waals surface area contributed by atoms with Gasteiger partial charge in [-0.1, -0.05) is 35.9 Å². The molecular formula is C26H21ClF5N5O. The monoisotopic (exact) mass is 549 g/mol. The minimum Gasteiger partial charge on any atom is -0.380 e. The van der Waals surface area contributed by atoms with Gasteiger partial charge in [0.2, 0.25) is 0 Å². The van der Waals surface area contributed by atoms with Crippen LogP contribution >= 0.6 is 11.6 Å². The number of hydrogen-bond acceptors (Lipinski definition) is 5. The molecule has 38 heavy (non-hydrogen) atoms. The Balaban J connectivity index is 1.49. The Morgan fingerprint density at radius 3 is 2.47 bits per heavy atom. The topological polar surface area (TPSA) is 70.2 Å². The van der Waals surface area contributed by atoms with Crippen molar-refractivity contribution in [2.24, 2.45) is 0 Å². The lowest BCUT2D eigenvalue weighted by atomic mass is 9.99. The van der Waals surface area contributed by atoms with Gasteiger partial charge in [-0.05, 0) is 42.1 Å². The Bertz CT molecular complexity index is 1490. The van der Waals surface area contributed by atoms with Crippen LogP contribution in [0.15, 0.2) is 60.8 Å². The summed E-state index contributed by atoms with van der Waals surface area (Å²) >= 11 is 6.09. The van der Waals surface area contributed by atoms with Crippen molar-refractivity contribution in [2.45, 2.75) is 31.1 Å². The number of pyridine rings is 2. The number of carbonyl (C=O) groups excluding carboxylic acids is 1. The van der Waals surface area contributed by atoms with Crippen molar-refractivity contribution in [3.63, 3.8) is 0 Å². The normalized spacial score (nSPS) is 18.2. The largest absolute Gasteiger partial charge is 0.433 e. The summed E-state index contributed by atoms with van der Waals surface area (Å²) in [4.78, 5) is 21.4. The van der Waals surface area contributed by atoms with Gasteiger partial charge in [0.15, 0.2) is 0 Å². The van der Waals surface area contributed by atoms with Gasteiger partial charge in [0.05, 0.1) is 5.52 Å². The molecule has 2 aromatic heterocycles. The van der Waals surface area contributed by atoms with Crippen molar-refractivity contribution in [1.29, 1.82) is 0 Å². The summed E-state index contributed by atoms with van der Waals surface area (Å²) in [5.41, 5.74) is -0.957. The van der Waals surface area contributed by atoms with Crippen LogP contribution in [0.1, 0.15) is 12.1 Å². The third-order valence-corrected chi connectivity index (χ3v) is 6.62. The first-order chi connectivity index (χ1) is 18.1. The lowest BCUT2D eigenvalue weighted by Gasteiger charge is -2.39. The van der Waals surface area contributed by atoms with E-state index in [0.717, 1.165) is 21.7 Å². The summed E-state index contributed by atoms with van der Waals surface area (Å²) in [5.74, 6) is -0.841. The van der Waals surface area contributed by atoms with Gasteiger partial charge in [-0.25, -0.2) is 9.97 Å². The number of rotatable bonds is 5. The van der Waals surface area contributed by atoms with E-state index in [0.29, 0.717) is 22.6 Å². The molecule has 1 saturated heterocycles. The van der Waals surface area contributed by atoms with Crippen molar-refractivity contribution in [2.75, 3.05) is 23.7 Å². The number of fused-ring (bicyclic) bond motifs is 2. The van der Waals surface area contributed by atoms with Crippen LogP contribution < -0.4 is 10.6 Å².